The third kappa shape index (κ3) is 2.76. The van der Waals surface area contributed by atoms with E-state index >= 15 is 0 Å². The molecule has 0 saturated carbocycles. The van der Waals surface area contributed by atoms with Gasteiger partial charge in [-0.25, -0.2) is 8.78 Å². The lowest BCUT2D eigenvalue weighted by Crippen LogP contribution is -2.49. The summed E-state index contributed by atoms with van der Waals surface area (Å²) in [6.07, 6.45) is 0. The van der Waals surface area contributed by atoms with Gasteiger partial charge < -0.3 is 14.2 Å². The highest BCUT2D eigenvalue weighted by molar-refractivity contribution is 5.94. The van der Waals surface area contributed by atoms with Gasteiger partial charge in [-0.15, -0.1) is 5.10 Å². The quantitative estimate of drug-likeness (QED) is 0.843. The number of halogens is 2. The Morgan fingerprint density at radius 1 is 1.14 bits per heavy atom. The Balaban J connectivity index is 1.65. The fourth-order valence-corrected chi connectivity index (χ4v) is 2.33. The molecule has 3 rings (SSSR count). The summed E-state index contributed by atoms with van der Waals surface area (Å²) in [5, 5.41) is 7.70. The van der Waals surface area contributed by atoms with Crippen molar-refractivity contribution in [1.29, 1.82) is 0 Å². The Morgan fingerprint density at radius 3 is 2.45 bits per heavy atom. The average Bonchev–Trinajstić information content (AvgIpc) is 2.96. The van der Waals surface area contributed by atoms with Crippen LogP contribution in [0, 0.1) is 18.6 Å². The lowest BCUT2D eigenvalue weighted by atomic mass is 10.1. The first-order valence-electron chi connectivity index (χ1n) is 6.84. The number of piperazine rings is 1. The Kier molecular flexibility index (Phi) is 3.74. The van der Waals surface area contributed by atoms with E-state index in [1.165, 1.54) is 6.07 Å². The normalized spacial score (nSPS) is 15.2. The molecule has 0 aliphatic carbocycles. The number of hydrogen-bond donors (Lipinski definition) is 0. The fourth-order valence-electron chi connectivity index (χ4n) is 2.33. The molecular weight excluding hydrogens is 294 g/mol. The molecule has 1 aromatic heterocycles. The summed E-state index contributed by atoms with van der Waals surface area (Å²) in [7, 11) is 0. The van der Waals surface area contributed by atoms with Crippen LogP contribution in [0.2, 0.25) is 0 Å². The molecule has 2 aromatic rings. The van der Waals surface area contributed by atoms with Crippen molar-refractivity contribution in [1.82, 2.24) is 15.1 Å². The van der Waals surface area contributed by atoms with Crippen LogP contribution in [-0.4, -0.2) is 47.2 Å². The second-order valence-electron chi connectivity index (χ2n) is 5.01. The molecular formula is C14H14F2N4O2. The summed E-state index contributed by atoms with van der Waals surface area (Å²) >= 11 is 0. The van der Waals surface area contributed by atoms with Crippen molar-refractivity contribution < 1.29 is 18.0 Å². The maximum absolute atomic E-state index is 13.2. The van der Waals surface area contributed by atoms with Crippen LogP contribution < -0.4 is 4.90 Å². The molecule has 1 aromatic carbocycles. The third-order valence-electron chi connectivity index (χ3n) is 3.52. The molecule has 0 atom stereocenters. The van der Waals surface area contributed by atoms with E-state index in [4.69, 9.17) is 4.42 Å². The summed E-state index contributed by atoms with van der Waals surface area (Å²) in [5.41, 5.74) is 0.140. The van der Waals surface area contributed by atoms with Gasteiger partial charge in [-0.3, -0.25) is 4.79 Å². The standard InChI is InChI=1S/C14H14F2N4O2/c1-9-17-18-14(22-9)20-6-4-19(5-7-20)13(21)10-2-3-11(15)12(16)8-10/h2-3,8H,4-7H2,1H3. The zero-order valence-corrected chi connectivity index (χ0v) is 11.9. The molecule has 2 heterocycles. The van der Waals surface area contributed by atoms with E-state index in [0.29, 0.717) is 38.1 Å². The molecule has 1 aliphatic rings. The Hall–Kier alpha value is -2.51. The Labute approximate surface area is 125 Å². The fraction of sp³-hybridized carbons (Fsp3) is 0.357. The summed E-state index contributed by atoms with van der Waals surface area (Å²) in [4.78, 5) is 15.8. The van der Waals surface area contributed by atoms with Crippen LogP contribution in [-0.2, 0) is 0 Å². The van der Waals surface area contributed by atoms with Gasteiger partial charge in [0.15, 0.2) is 11.6 Å². The summed E-state index contributed by atoms with van der Waals surface area (Å²) in [6, 6.07) is 3.59. The van der Waals surface area contributed by atoms with E-state index in [1.54, 1.807) is 11.8 Å². The lowest BCUT2D eigenvalue weighted by molar-refractivity contribution is 0.0744. The smallest absolute Gasteiger partial charge is 0.318 e. The largest absolute Gasteiger partial charge is 0.408 e. The number of hydrogen-bond acceptors (Lipinski definition) is 5. The van der Waals surface area contributed by atoms with Crippen LogP contribution in [0.1, 0.15) is 16.2 Å². The highest BCUT2D eigenvalue weighted by atomic mass is 19.2. The predicted octanol–water partition coefficient (Wildman–Crippen LogP) is 1.62. The molecule has 22 heavy (non-hydrogen) atoms. The second-order valence-corrected chi connectivity index (χ2v) is 5.01. The molecule has 1 amide bonds. The molecule has 1 aliphatic heterocycles. The number of anilines is 1. The van der Waals surface area contributed by atoms with Gasteiger partial charge >= 0.3 is 6.01 Å². The second kappa shape index (κ2) is 5.70. The highest BCUT2D eigenvalue weighted by Crippen LogP contribution is 2.16. The first kappa shape index (κ1) is 14.4. The van der Waals surface area contributed by atoms with Gasteiger partial charge in [0.05, 0.1) is 0 Å². The zero-order valence-electron chi connectivity index (χ0n) is 11.9. The molecule has 0 radical (unpaired) electrons. The van der Waals surface area contributed by atoms with E-state index in [-0.39, 0.29) is 11.5 Å². The van der Waals surface area contributed by atoms with Crippen LogP contribution >= 0.6 is 0 Å². The Bertz CT molecular complexity index is 696. The average molecular weight is 308 g/mol. The number of carbonyl (C=O) groups excluding carboxylic acids is 1. The first-order chi connectivity index (χ1) is 10.5. The number of aromatic nitrogens is 2. The van der Waals surface area contributed by atoms with Crippen molar-refractivity contribution in [2.45, 2.75) is 6.92 Å². The summed E-state index contributed by atoms with van der Waals surface area (Å²) in [6.45, 7) is 3.67. The topological polar surface area (TPSA) is 62.5 Å². The van der Waals surface area contributed by atoms with Crippen molar-refractivity contribution in [3.8, 4) is 0 Å². The summed E-state index contributed by atoms with van der Waals surface area (Å²) in [5.74, 6) is -1.82. The molecule has 1 saturated heterocycles. The molecule has 8 heteroatoms. The van der Waals surface area contributed by atoms with Crippen LogP contribution in [0.15, 0.2) is 22.6 Å². The van der Waals surface area contributed by atoms with E-state index in [9.17, 15) is 13.6 Å². The van der Waals surface area contributed by atoms with Crippen LogP contribution in [0.4, 0.5) is 14.8 Å². The molecule has 0 N–H and O–H groups in total. The third-order valence-corrected chi connectivity index (χ3v) is 3.52. The number of carbonyl (C=O) groups is 1. The van der Waals surface area contributed by atoms with Gasteiger partial charge in [-0.2, -0.15) is 0 Å². The lowest BCUT2D eigenvalue weighted by Gasteiger charge is -2.33. The van der Waals surface area contributed by atoms with Gasteiger partial charge in [-0.05, 0) is 18.2 Å². The molecule has 0 spiro atoms. The minimum atomic E-state index is -1.02. The van der Waals surface area contributed by atoms with Gasteiger partial charge in [-0.1, -0.05) is 5.10 Å². The van der Waals surface area contributed by atoms with Crippen molar-refractivity contribution in [2.75, 3.05) is 31.1 Å². The van der Waals surface area contributed by atoms with E-state index < -0.39 is 11.6 Å². The number of rotatable bonds is 2. The van der Waals surface area contributed by atoms with Gasteiger partial charge in [0, 0.05) is 38.7 Å². The van der Waals surface area contributed by atoms with Crippen LogP contribution in [0.5, 0.6) is 0 Å². The molecule has 6 nitrogen and oxygen atoms in total. The number of amides is 1. The van der Waals surface area contributed by atoms with Gasteiger partial charge in [0.1, 0.15) is 0 Å². The Morgan fingerprint density at radius 2 is 1.86 bits per heavy atom. The van der Waals surface area contributed by atoms with Crippen LogP contribution in [0.25, 0.3) is 0 Å². The minimum absolute atomic E-state index is 0.140. The minimum Gasteiger partial charge on any atom is -0.408 e. The number of nitrogens with zero attached hydrogens (tertiary/aromatic N) is 4. The highest BCUT2D eigenvalue weighted by Gasteiger charge is 2.25. The van der Waals surface area contributed by atoms with Crippen molar-refractivity contribution in [3.05, 3.63) is 41.3 Å². The SMILES string of the molecule is Cc1nnc(N2CCN(C(=O)c3ccc(F)c(F)c3)CC2)o1. The molecule has 0 unspecified atom stereocenters. The van der Waals surface area contributed by atoms with Crippen molar-refractivity contribution in [2.24, 2.45) is 0 Å². The van der Waals surface area contributed by atoms with E-state index in [0.717, 1.165) is 12.1 Å². The predicted molar refractivity (Wildman–Crippen MR) is 73.5 cm³/mol. The van der Waals surface area contributed by atoms with Crippen molar-refractivity contribution >= 4 is 11.9 Å². The molecule has 1 fully saturated rings. The maximum atomic E-state index is 13.2. The van der Waals surface area contributed by atoms with Gasteiger partial charge in [0.2, 0.25) is 5.89 Å². The number of aryl methyl sites for hydroxylation is 1. The maximum Gasteiger partial charge on any atom is 0.318 e. The first-order valence-corrected chi connectivity index (χ1v) is 6.84. The van der Waals surface area contributed by atoms with E-state index in [1.807, 2.05) is 4.90 Å². The summed E-state index contributed by atoms with van der Waals surface area (Å²) < 4.78 is 31.5. The molecule has 0 bridgehead atoms. The van der Waals surface area contributed by atoms with Crippen molar-refractivity contribution in [3.63, 3.8) is 0 Å². The number of benzene rings is 1. The van der Waals surface area contributed by atoms with Gasteiger partial charge in [0.25, 0.3) is 5.91 Å². The van der Waals surface area contributed by atoms with E-state index in [2.05, 4.69) is 10.2 Å². The van der Waals surface area contributed by atoms with Crippen LogP contribution in [0.3, 0.4) is 0 Å². The zero-order chi connectivity index (χ0) is 15.7. The monoisotopic (exact) mass is 308 g/mol. The molecule has 116 valence electrons.